The Labute approximate surface area is 144 Å². The quantitative estimate of drug-likeness (QED) is 0.863. The lowest BCUT2D eigenvalue weighted by Crippen LogP contribution is -2.43. The molecule has 0 spiro atoms. The predicted octanol–water partition coefficient (Wildman–Crippen LogP) is 3.14. The minimum absolute atomic E-state index is 0.00253. The van der Waals surface area contributed by atoms with Gasteiger partial charge in [-0.3, -0.25) is 9.59 Å². The number of hydrogen-bond donors (Lipinski definition) is 1. The first-order valence-corrected chi connectivity index (χ1v) is 8.61. The SMILES string of the molecule is C=CCNC(=O)C1CCN(C(=O)c2ccc(C(C)(C)C)cc2)CC1. The van der Waals surface area contributed by atoms with Gasteiger partial charge in [-0.05, 0) is 36.0 Å². The maximum Gasteiger partial charge on any atom is 0.253 e. The Morgan fingerprint density at radius 3 is 2.29 bits per heavy atom. The Hall–Kier alpha value is -2.10. The fourth-order valence-electron chi connectivity index (χ4n) is 2.96. The third kappa shape index (κ3) is 4.47. The van der Waals surface area contributed by atoms with Crippen molar-refractivity contribution in [3.05, 3.63) is 48.0 Å². The standard InChI is InChI=1S/C20H28N2O2/c1-5-12-21-18(23)15-10-13-22(14-11-15)19(24)16-6-8-17(9-7-16)20(2,3)4/h5-9,15H,1,10-14H2,2-4H3,(H,21,23). The molecule has 1 N–H and O–H groups in total. The largest absolute Gasteiger partial charge is 0.352 e. The maximum absolute atomic E-state index is 12.6. The summed E-state index contributed by atoms with van der Waals surface area (Å²) in [6, 6.07) is 7.88. The summed E-state index contributed by atoms with van der Waals surface area (Å²) >= 11 is 0. The Kier molecular flexibility index (Phi) is 5.81. The molecule has 0 unspecified atom stereocenters. The molecule has 1 heterocycles. The average Bonchev–Trinajstić information content (AvgIpc) is 2.58. The molecule has 0 atom stereocenters. The molecule has 0 bridgehead atoms. The average molecular weight is 328 g/mol. The molecule has 1 aliphatic heterocycles. The van der Waals surface area contributed by atoms with Crippen molar-refractivity contribution in [2.45, 2.75) is 39.0 Å². The molecule has 1 aromatic carbocycles. The summed E-state index contributed by atoms with van der Waals surface area (Å²) in [4.78, 5) is 26.4. The van der Waals surface area contributed by atoms with Crippen molar-refractivity contribution in [1.82, 2.24) is 10.2 Å². The zero-order chi connectivity index (χ0) is 17.7. The highest BCUT2D eigenvalue weighted by molar-refractivity contribution is 5.94. The van der Waals surface area contributed by atoms with E-state index in [0.29, 0.717) is 19.6 Å². The van der Waals surface area contributed by atoms with Gasteiger partial charge in [0.2, 0.25) is 5.91 Å². The number of carbonyl (C=O) groups excluding carboxylic acids is 2. The van der Waals surface area contributed by atoms with Crippen molar-refractivity contribution in [1.29, 1.82) is 0 Å². The van der Waals surface area contributed by atoms with E-state index < -0.39 is 0 Å². The van der Waals surface area contributed by atoms with Crippen LogP contribution in [0, 0.1) is 5.92 Å². The molecule has 0 aliphatic carbocycles. The van der Waals surface area contributed by atoms with Gasteiger partial charge in [0.1, 0.15) is 0 Å². The number of benzene rings is 1. The summed E-state index contributed by atoms with van der Waals surface area (Å²) in [5.41, 5.74) is 2.02. The second-order valence-corrected chi connectivity index (χ2v) is 7.43. The second kappa shape index (κ2) is 7.65. The van der Waals surface area contributed by atoms with Gasteiger partial charge in [-0.25, -0.2) is 0 Å². The van der Waals surface area contributed by atoms with Crippen molar-refractivity contribution in [2.75, 3.05) is 19.6 Å². The minimum Gasteiger partial charge on any atom is -0.352 e. The first-order valence-electron chi connectivity index (χ1n) is 8.61. The van der Waals surface area contributed by atoms with Gasteiger partial charge in [-0.1, -0.05) is 39.0 Å². The third-order valence-corrected chi connectivity index (χ3v) is 4.57. The predicted molar refractivity (Wildman–Crippen MR) is 97.0 cm³/mol. The van der Waals surface area contributed by atoms with E-state index in [1.807, 2.05) is 29.2 Å². The normalized spacial score (nSPS) is 15.9. The Morgan fingerprint density at radius 2 is 1.79 bits per heavy atom. The van der Waals surface area contributed by atoms with Crippen LogP contribution in [0.25, 0.3) is 0 Å². The Bertz CT molecular complexity index is 591. The molecule has 24 heavy (non-hydrogen) atoms. The van der Waals surface area contributed by atoms with Crippen LogP contribution in [0.4, 0.5) is 0 Å². The molecular formula is C20H28N2O2. The van der Waals surface area contributed by atoms with Crippen LogP contribution in [0.15, 0.2) is 36.9 Å². The highest BCUT2D eigenvalue weighted by Crippen LogP contribution is 2.24. The topological polar surface area (TPSA) is 49.4 Å². The van der Waals surface area contributed by atoms with Gasteiger partial charge < -0.3 is 10.2 Å². The summed E-state index contributed by atoms with van der Waals surface area (Å²) in [6.45, 7) is 11.8. The molecule has 0 radical (unpaired) electrons. The molecule has 4 nitrogen and oxygen atoms in total. The fourth-order valence-corrected chi connectivity index (χ4v) is 2.96. The lowest BCUT2D eigenvalue weighted by atomic mass is 9.86. The number of piperidine rings is 1. The molecule has 0 saturated carbocycles. The fraction of sp³-hybridized carbons (Fsp3) is 0.500. The number of nitrogens with one attached hydrogen (secondary N) is 1. The number of rotatable bonds is 4. The lowest BCUT2D eigenvalue weighted by Gasteiger charge is -2.31. The Balaban J connectivity index is 1.93. The van der Waals surface area contributed by atoms with Crippen LogP contribution in [-0.4, -0.2) is 36.3 Å². The first kappa shape index (κ1) is 18.2. The zero-order valence-electron chi connectivity index (χ0n) is 15.0. The molecule has 1 aromatic rings. The van der Waals surface area contributed by atoms with Crippen molar-refractivity contribution >= 4 is 11.8 Å². The van der Waals surface area contributed by atoms with E-state index in [1.165, 1.54) is 5.56 Å². The molecule has 1 saturated heterocycles. The van der Waals surface area contributed by atoms with Crippen LogP contribution in [-0.2, 0) is 10.2 Å². The van der Waals surface area contributed by atoms with Gasteiger partial charge in [0.05, 0.1) is 0 Å². The van der Waals surface area contributed by atoms with Crippen molar-refractivity contribution in [3.8, 4) is 0 Å². The van der Waals surface area contributed by atoms with Crippen LogP contribution in [0.5, 0.6) is 0 Å². The van der Waals surface area contributed by atoms with E-state index in [4.69, 9.17) is 0 Å². The summed E-state index contributed by atoms with van der Waals surface area (Å²) in [5, 5.41) is 2.84. The highest BCUT2D eigenvalue weighted by Gasteiger charge is 2.27. The minimum atomic E-state index is -0.00253. The van der Waals surface area contributed by atoms with Crippen LogP contribution in [0.3, 0.4) is 0 Å². The molecule has 1 fully saturated rings. The van der Waals surface area contributed by atoms with Gasteiger partial charge in [0.25, 0.3) is 5.91 Å². The van der Waals surface area contributed by atoms with E-state index in [-0.39, 0.29) is 23.1 Å². The molecular weight excluding hydrogens is 300 g/mol. The van der Waals surface area contributed by atoms with E-state index >= 15 is 0 Å². The van der Waals surface area contributed by atoms with E-state index in [1.54, 1.807) is 6.08 Å². The van der Waals surface area contributed by atoms with Crippen LogP contribution in [0.1, 0.15) is 49.5 Å². The zero-order valence-corrected chi connectivity index (χ0v) is 15.0. The maximum atomic E-state index is 12.6. The number of likely N-dealkylation sites (tertiary alicyclic amines) is 1. The summed E-state index contributed by atoms with van der Waals surface area (Å²) in [6.07, 6.45) is 3.11. The molecule has 0 aromatic heterocycles. The van der Waals surface area contributed by atoms with Gasteiger partial charge in [0, 0.05) is 31.1 Å². The lowest BCUT2D eigenvalue weighted by molar-refractivity contribution is -0.126. The Morgan fingerprint density at radius 1 is 1.21 bits per heavy atom. The third-order valence-electron chi connectivity index (χ3n) is 4.57. The van der Waals surface area contributed by atoms with Crippen LogP contribution >= 0.6 is 0 Å². The number of hydrogen-bond acceptors (Lipinski definition) is 2. The van der Waals surface area contributed by atoms with E-state index in [9.17, 15) is 9.59 Å². The highest BCUT2D eigenvalue weighted by atomic mass is 16.2. The molecule has 2 amide bonds. The molecule has 1 aliphatic rings. The summed E-state index contributed by atoms with van der Waals surface area (Å²) in [5.74, 6) is 0.120. The van der Waals surface area contributed by atoms with Crippen LogP contribution < -0.4 is 5.32 Å². The first-order chi connectivity index (χ1) is 11.3. The number of nitrogens with zero attached hydrogens (tertiary/aromatic N) is 1. The van der Waals surface area contributed by atoms with Gasteiger partial charge >= 0.3 is 0 Å². The summed E-state index contributed by atoms with van der Waals surface area (Å²) < 4.78 is 0. The number of carbonyl (C=O) groups is 2. The second-order valence-electron chi connectivity index (χ2n) is 7.43. The molecule has 4 heteroatoms. The number of amides is 2. The smallest absolute Gasteiger partial charge is 0.253 e. The van der Waals surface area contributed by atoms with Gasteiger partial charge in [-0.2, -0.15) is 0 Å². The van der Waals surface area contributed by atoms with Crippen molar-refractivity contribution < 1.29 is 9.59 Å². The van der Waals surface area contributed by atoms with E-state index in [2.05, 4.69) is 32.7 Å². The summed E-state index contributed by atoms with van der Waals surface area (Å²) in [7, 11) is 0. The van der Waals surface area contributed by atoms with E-state index in [0.717, 1.165) is 18.4 Å². The van der Waals surface area contributed by atoms with Crippen molar-refractivity contribution in [3.63, 3.8) is 0 Å². The molecule has 130 valence electrons. The van der Waals surface area contributed by atoms with Gasteiger partial charge in [0.15, 0.2) is 0 Å². The van der Waals surface area contributed by atoms with Crippen molar-refractivity contribution in [2.24, 2.45) is 5.92 Å². The van der Waals surface area contributed by atoms with Gasteiger partial charge in [-0.15, -0.1) is 6.58 Å². The molecule has 2 rings (SSSR count). The van der Waals surface area contributed by atoms with Crippen LogP contribution in [0.2, 0.25) is 0 Å². The monoisotopic (exact) mass is 328 g/mol.